The van der Waals surface area contributed by atoms with Gasteiger partial charge in [0.2, 0.25) is 5.91 Å². The van der Waals surface area contributed by atoms with Crippen molar-refractivity contribution in [3.05, 3.63) is 58.1 Å². The zero-order valence-electron chi connectivity index (χ0n) is 12.3. The zero-order valence-corrected chi connectivity index (χ0v) is 14.7. The summed E-state index contributed by atoms with van der Waals surface area (Å²) in [6.45, 7) is 1.83. The lowest BCUT2D eigenvalue weighted by atomic mass is 10.2. The van der Waals surface area contributed by atoms with Crippen LogP contribution >= 0.6 is 23.2 Å². The van der Waals surface area contributed by atoms with Crippen LogP contribution in [0.2, 0.25) is 10.0 Å². The molecule has 0 atom stereocenters. The zero-order chi connectivity index (χ0) is 17.0. The van der Waals surface area contributed by atoms with Crippen molar-refractivity contribution in [1.29, 1.82) is 0 Å². The predicted molar refractivity (Wildman–Crippen MR) is 92.9 cm³/mol. The van der Waals surface area contributed by atoms with Gasteiger partial charge in [-0.15, -0.1) is 0 Å². The van der Waals surface area contributed by atoms with Crippen molar-refractivity contribution < 1.29 is 13.2 Å². The van der Waals surface area contributed by atoms with E-state index in [2.05, 4.69) is 5.32 Å². The Morgan fingerprint density at radius 2 is 1.83 bits per heavy atom. The van der Waals surface area contributed by atoms with E-state index in [0.717, 1.165) is 5.56 Å². The third-order valence-corrected chi connectivity index (χ3v) is 5.69. The predicted octanol–water partition coefficient (Wildman–Crippen LogP) is 4.10. The van der Waals surface area contributed by atoms with Crippen LogP contribution in [0.3, 0.4) is 0 Å². The van der Waals surface area contributed by atoms with E-state index in [1.807, 2.05) is 6.92 Å². The fraction of sp³-hybridized carbons (Fsp3) is 0.188. The smallest absolute Gasteiger partial charge is 0.225 e. The number of nitrogens with one attached hydrogen (secondary N) is 1. The molecular weight excluding hydrogens is 357 g/mol. The molecule has 0 saturated heterocycles. The molecule has 0 aliphatic heterocycles. The van der Waals surface area contributed by atoms with Gasteiger partial charge in [0.05, 0.1) is 15.7 Å². The van der Waals surface area contributed by atoms with E-state index < -0.39 is 15.7 Å². The van der Waals surface area contributed by atoms with Crippen molar-refractivity contribution in [3.63, 3.8) is 0 Å². The Balaban J connectivity index is 2.04. The molecule has 1 amide bonds. The Kier molecular flexibility index (Phi) is 5.68. The van der Waals surface area contributed by atoms with Crippen LogP contribution in [0.15, 0.2) is 47.4 Å². The van der Waals surface area contributed by atoms with E-state index in [-0.39, 0.29) is 22.1 Å². The number of hydrogen-bond donors (Lipinski definition) is 1. The summed E-state index contributed by atoms with van der Waals surface area (Å²) in [7, 11) is -3.62. The SMILES string of the molecule is Cc1ccc(Cl)cc1NC(=O)CCS(=O)(=O)c1ccccc1Cl. The molecule has 2 aromatic rings. The van der Waals surface area contributed by atoms with Crippen molar-refractivity contribution in [2.75, 3.05) is 11.1 Å². The highest BCUT2D eigenvalue weighted by Crippen LogP contribution is 2.23. The summed E-state index contributed by atoms with van der Waals surface area (Å²) in [6.07, 6.45) is -0.167. The molecule has 23 heavy (non-hydrogen) atoms. The second kappa shape index (κ2) is 7.34. The van der Waals surface area contributed by atoms with Crippen LogP contribution in [-0.4, -0.2) is 20.1 Å². The third kappa shape index (κ3) is 4.70. The van der Waals surface area contributed by atoms with Crippen molar-refractivity contribution in [2.24, 2.45) is 0 Å². The Hall–Kier alpha value is -1.56. The van der Waals surface area contributed by atoms with Gasteiger partial charge in [-0.2, -0.15) is 0 Å². The standard InChI is InChI=1S/C16H15Cl2NO3S/c1-11-6-7-12(17)10-14(11)19-16(20)8-9-23(21,22)15-5-3-2-4-13(15)18/h2-7,10H,8-9H2,1H3,(H,19,20). The van der Waals surface area contributed by atoms with E-state index in [4.69, 9.17) is 23.2 Å². The van der Waals surface area contributed by atoms with Gasteiger partial charge in [-0.05, 0) is 36.8 Å². The van der Waals surface area contributed by atoms with Crippen LogP contribution in [0.5, 0.6) is 0 Å². The maximum Gasteiger partial charge on any atom is 0.225 e. The number of halogens is 2. The van der Waals surface area contributed by atoms with Gasteiger partial charge < -0.3 is 5.32 Å². The van der Waals surface area contributed by atoms with E-state index in [1.54, 1.807) is 30.3 Å². The molecule has 0 unspecified atom stereocenters. The molecule has 2 rings (SSSR count). The van der Waals surface area contributed by atoms with Crippen LogP contribution in [0, 0.1) is 6.92 Å². The highest BCUT2D eigenvalue weighted by Gasteiger charge is 2.19. The second-order valence-electron chi connectivity index (χ2n) is 5.01. The minimum Gasteiger partial charge on any atom is -0.326 e. The average Bonchev–Trinajstić information content (AvgIpc) is 2.49. The number of amides is 1. The van der Waals surface area contributed by atoms with E-state index in [9.17, 15) is 13.2 Å². The first-order valence-electron chi connectivity index (χ1n) is 6.83. The molecule has 0 aliphatic carbocycles. The fourth-order valence-corrected chi connectivity index (χ4v) is 3.96. The molecule has 0 fully saturated rings. The van der Waals surface area contributed by atoms with Crippen molar-refractivity contribution in [3.8, 4) is 0 Å². The highest BCUT2D eigenvalue weighted by atomic mass is 35.5. The molecule has 1 N–H and O–H groups in total. The molecule has 0 spiro atoms. The van der Waals surface area contributed by atoms with Crippen molar-refractivity contribution >= 4 is 44.6 Å². The third-order valence-electron chi connectivity index (χ3n) is 3.24. The topological polar surface area (TPSA) is 63.2 Å². The molecule has 0 saturated carbocycles. The molecule has 0 radical (unpaired) electrons. The summed E-state index contributed by atoms with van der Waals surface area (Å²) in [5, 5.41) is 3.32. The average molecular weight is 372 g/mol. The van der Waals surface area contributed by atoms with Gasteiger partial charge >= 0.3 is 0 Å². The summed E-state index contributed by atoms with van der Waals surface area (Å²) in [5.41, 5.74) is 1.41. The van der Waals surface area contributed by atoms with Crippen LogP contribution in [0.4, 0.5) is 5.69 Å². The Labute approximate surface area is 145 Å². The number of carbonyl (C=O) groups is 1. The van der Waals surface area contributed by atoms with E-state index in [0.29, 0.717) is 10.7 Å². The van der Waals surface area contributed by atoms with Crippen LogP contribution in [-0.2, 0) is 14.6 Å². The minimum absolute atomic E-state index is 0.0356. The van der Waals surface area contributed by atoms with Gasteiger partial charge in [-0.1, -0.05) is 41.4 Å². The van der Waals surface area contributed by atoms with Crippen molar-refractivity contribution in [1.82, 2.24) is 0 Å². The normalized spacial score (nSPS) is 11.3. The summed E-state index contributed by atoms with van der Waals surface area (Å²) < 4.78 is 24.5. The summed E-state index contributed by atoms with van der Waals surface area (Å²) in [6, 6.07) is 11.3. The Morgan fingerprint density at radius 3 is 2.52 bits per heavy atom. The lowest BCUT2D eigenvalue weighted by molar-refractivity contribution is -0.115. The number of sulfone groups is 1. The quantitative estimate of drug-likeness (QED) is 0.859. The maximum atomic E-state index is 12.2. The Morgan fingerprint density at radius 1 is 1.13 bits per heavy atom. The molecule has 122 valence electrons. The lowest BCUT2D eigenvalue weighted by Gasteiger charge is -2.09. The fourth-order valence-electron chi connectivity index (χ4n) is 1.98. The number of carbonyl (C=O) groups excluding carboxylic acids is 1. The molecular formula is C16H15Cl2NO3S. The minimum atomic E-state index is -3.62. The molecule has 0 heterocycles. The number of aryl methyl sites for hydroxylation is 1. The largest absolute Gasteiger partial charge is 0.326 e. The lowest BCUT2D eigenvalue weighted by Crippen LogP contribution is -2.18. The molecule has 4 nitrogen and oxygen atoms in total. The summed E-state index contributed by atoms with van der Waals surface area (Å²) in [4.78, 5) is 12.0. The first kappa shape index (κ1) is 17.8. The van der Waals surface area contributed by atoms with E-state index in [1.165, 1.54) is 12.1 Å². The molecule has 0 bridgehead atoms. The number of benzene rings is 2. The van der Waals surface area contributed by atoms with Crippen LogP contribution < -0.4 is 5.32 Å². The monoisotopic (exact) mass is 371 g/mol. The number of hydrogen-bond acceptors (Lipinski definition) is 3. The van der Waals surface area contributed by atoms with Crippen LogP contribution in [0.25, 0.3) is 0 Å². The molecule has 0 aliphatic rings. The summed E-state index contributed by atoms with van der Waals surface area (Å²) in [5.74, 6) is -0.715. The molecule has 0 aromatic heterocycles. The first-order chi connectivity index (χ1) is 10.8. The molecule has 7 heteroatoms. The van der Waals surface area contributed by atoms with Gasteiger partial charge in [0.1, 0.15) is 0 Å². The number of rotatable bonds is 5. The van der Waals surface area contributed by atoms with E-state index >= 15 is 0 Å². The summed E-state index contributed by atoms with van der Waals surface area (Å²) >= 11 is 11.8. The Bertz CT molecular complexity index is 835. The first-order valence-corrected chi connectivity index (χ1v) is 9.24. The second-order valence-corrected chi connectivity index (χ2v) is 7.93. The number of anilines is 1. The van der Waals surface area contributed by atoms with Crippen LogP contribution in [0.1, 0.15) is 12.0 Å². The molecule has 2 aromatic carbocycles. The van der Waals surface area contributed by atoms with Crippen molar-refractivity contribution in [2.45, 2.75) is 18.2 Å². The van der Waals surface area contributed by atoms with Gasteiger partial charge in [0.15, 0.2) is 9.84 Å². The van der Waals surface area contributed by atoms with Gasteiger partial charge in [0, 0.05) is 17.1 Å². The van der Waals surface area contributed by atoms with Gasteiger partial charge in [-0.25, -0.2) is 8.42 Å². The van der Waals surface area contributed by atoms with Gasteiger partial charge in [0.25, 0.3) is 0 Å². The maximum absolute atomic E-state index is 12.2. The highest BCUT2D eigenvalue weighted by molar-refractivity contribution is 7.91. The van der Waals surface area contributed by atoms with Gasteiger partial charge in [-0.3, -0.25) is 4.79 Å².